The molecule has 6 heteroatoms. The molecule has 1 N–H and O–H groups in total. The Labute approximate surface area is 128 Å². The number of aliphatic carboxylic acids is 1. The number of rotatable bonds is 6. The molecule has 112 valence electrons. The zero-order valence-electron chi connectivity index (χ0n) is 12.5. The summed E-state index contributed by atoms with van der Waals surface area (Å²) in [5, 5.41) is 12.0. The van der Waals surface area contributed by atoms with Gasteiger partial charge in [0.25, 0.3) is 0 Å². The Morgan fingerprint density at radius 3 is 2.24 bits per heavy atom. The lowest BCUT2D eigenvalue weighted by Crippen LogP contribution is -2.13. The van der Waals surface area contributed by atoms with E-state index in [0.29, 0.717) is 19.3 Å². The van der Waals surface area contributed by atoms with Crippen molar-refractivity contribution in [2.45, 2.75) is 46.5 Å². The van der Waals surface area contributed by atoms with Crippen molar-refractivity contribution in [3.63, 3.8) is 0 Å². The van der Waals surface area contributed by atoms with Gasteiger partial charge in [0.05, 0.1) is 12.8 Å². The van der Waals surface area contributed by atoms with Gasteiger partial charge in [-0.2, -0.15) is 0 Å². The molecule has 0 bridgehead atoms. The summed E-state index contributed by atoms with van der Waals surface area (Å²) in [6.07, 6.45) is 2.01. The van der Waals surface area contributed by atoms with Crippen molar-refractivity contribution >= 4 is 17.3 Å². The third-order valence-corrected chi connectivity index (χ3v) is 4.17. The number of carboxylic acid groups (broad SMARTS) is 1. The molecule has 2 heterocycles. The van der Waals surface area contributed by atoms with Crippen molar-refractivity contribution in [1.82, 2.24) is 15.0 Å². The van der Waals surface area contributed by atoms with Crippen LogP contribution >= 0.6 is 11.3 Å². The molecule has 21 heavy (non-hydrogen) atoms. The van der Waals surface area contributed by atoms with Crippen LogP contribution in [0.15, 0.2) is 5.38 Å². The Bertz CT molecular complexity index is 627. The van der Waals surface area contributed by atoms with Crippen molar-refractivity contribution in [1.29, 1.82) is 0 Å². The quantitative estimate of drug-likeness (QED) is 0.887. The van der Waals surface area contributed by atoms with Gasteiger partial charge in [-0.05, 0) is 19.8 Å². The van der Waals surface area contributed by atoms with Crippen LogP contribution in [0.5, 0.6) is 0 Å². The second-order valence-electron chi connectivity index (χ2n) is 4.85. The molecule has 0 spiro atoms. The molecule has 0 aliphatic heterocycles. The Morgan fingerprint density at radius 1 is 1.19 bits per heavy atom. The summed E-state index contributed by atoms with van der Waals surface area (Å²) in [6.45, 7) is 5.95. The van der Waals surface area contributed by atoms with Gasteiger partial charge >= 0.3 is 5.97 Å². The fourth-order valence-electron chi connectivity index (χ4n) is 2.28. The fourth-order valence-corrected chi connectivity index (χ4v) is 3.04. The number of nitrogens with zero attached hydrogens (tertiary/aromatic N) is 3. The van der Waals surface area contributed by atoms with Crippen molar-refractivity contribution in [2.75, 3.05) is 0 Å². The van der Waals surface area contributed by atoms with Crippen molar-refractivity contribution in [3.8, 4) is 0 Å². The predicted molar refractivity (Wildman–Crippen MR) is 81.8 cm³/mol. The first-order valence-electron chi connectivity index (χ1n) is 7.03. The number of carbonyl (C=O) groups is 1. The van der Waals surface area contributed by atoms with E-state index in [1.165, 1.54) is 0 Å². The molecule has 0 amide bonds. The average molecular weight is 305 g/mol. The molecule has 0 atom stereocenters. The van der Waals surface area contributed by atoms with Crippen LogP contribution in [-0.4, -0.2) is 26.0 Å². The van der Waals surface area contributed by atoms with Gasteiger partial charge in [0.2, 0.25) is 0 Å². The highest BCUT2D eigenvalue weighted by Gasteiger charge is 2.15. The Hall–Kier alpha value is -1.82. The molecule has 0 aliphatic carbocycles. The molecule has 2 aromatic heterocycles. The molecule has 0 saturated heterocycles. The minimum atomic E-state index is -0.841. The van der Waals surface area contributed by atoms with Gasteiger partial charge in [-0.15, -0.1) is 11.3 Å². The first kappa shape index (κ1) is 15.6. The normalized spacial score (nSPS) is 10.8. The number of aromatic nitrogens is 3. The number of carboxylic acids is 1. The molecule has 2 aromatic rings. The fraction of sp³-hybridized carbons (Fsp3) is 0.467. The van der Waals surface area contributed by atoms with Crippen molar-refractivity contribution in [3.05, 3.63) is 38.9 Å². The van der Waals surface area contributed by atoms with E-state index in [1.807, 2.05) is 26.2 Å². The third-order valence-electron chi connectivity index (χ3n) is 3.20. The number of hydrogen-bond donors (Lipinski definition) is 1. The second kappa shape index (κ2) is 6.76. The molecule has 5 nitrogen and oxygen atoms in total. The molecule has 0 saturated carbocycles. The van der Waals surface area contributed by atoms with Crippen LogP contribution in [0.1, 0.15) is 47.3 Å². The zero-order valence-corrected chi connectivity index (χ0v) is 13.3. The lowest BCUT2D eigenvalue weighted by atomic mass is 10.0. The van der Waals surface area contributed by atoms with E-state index in [1.54, 1.807) is 11.3 Å². The van der Waals surface area contributed by atoms with Crippen molar-refractivity contribution in [2.24, 2.45) is 0 Å². The van der Waals surface area contributed by atoms with Crippen molar-refractivity contribution < 1.29 is 9.90 Å². The van der Waals surface area contributed by atoms with Crippen LogP contribution in [0.2, 0.25) is 0 Å². The molecule has 2 rings (SSSR count). The van der Waals surface area contributed by atoms with E-state index in [-0.39, 0.29) is 6.42 Å². The third kappa shape index (κ3) is 3.85. The maximum Gasteiger partial charge on any atom is 0.307 e. The monoisotopic (exact) mass is 305 g/mol. The smallest absolute Gasteiger partial charge is 0.307 e. The maximum absolute atomic E-state index is 11.0. The Kier molecular flexibility index (Phi) is 5.01. The first-order chi connectivity index (χ1) is 10.0. The molecule has 0 aliphatic rings. The molecular formula is C15H19N3O2S. The molecule has 0 fully saturated rings. The average Bonchev–Trinajstić information content (AvgIpc) is 2.84. The molecule has 0 unspecified atom stereocenters. The zero-order chi connectivity index (χ0) is 15.4. The van der Waals surface area contributed by atoms with E-state index in [9.17, 15) is 4.79 Å². The number of hydrogen-bond acceptors (Lipinski definition) is 5. The summed E-state index contributed by atoms with van der Waals surface area (Å²) < 4.78 is 0. The highest BCUT2D eigenvalue weighted by molar-refractivity contribution is 7.09. The van der Waals surface area contributed by atoms with E-state index in [2.05, 4.69) is 15.0 Å². The minimum absolute atomic E-state index is 0.0109. The maximum atomic E-state index is 11.0. The molecule has 0 aromatic carbocycles. The summed E-state index contributed by atoms with van der Waals surface area (Å²) in [6, 6.07) is 0. The lowest BCUT2D eigenvalue weighted by Gasteiger charge is -2.12. The van der Waals surface area contributed by atoms with Gasteiger partial charge in [0.15, 0.2) is 0 Å². The summed E-state index contributed by atoms with van der Waals surface area (Å²) in [7, 11) is 0. The topological polar surface area (TPSA) is 76.0 Å². The second-order valence-corrected chi connectivity index (χ2v) is 5.79. The van der Waals surface area contributed by atoms with Gasteiger partial charge in [0, 0.05) is 28.0 Å². The van der Waals surface area contributed by atoms with Gasteiger partial charge in [-0.25, -0.2) is 15.0 Å². The van der Waals surface area contributed by atoms with Gasteiger partial charge in [0.1, 0.15) is 10.8 Å². The molecule has 0 radical (unpaired) electrons. The van der Waals surface area contributed by atoms with Crippen LogP contribution in [0.25, 0.3) is 0 Å². The predicted octanol–water partition coefficient (Wildman–Crippen LogP) is 2.58. The SMILES string of the molecule is CCc1nc(Cc2nc(C)cs2)nc(CC)c1CC(=O)O. The van der Waals surface area contributed by atoms with E-state index in [0.717, 1.165) is 33.5 Å². The standard InChI is InChI=1S/C15H19N3O2S/c1-4-11-10(6-15(19)20)12(5-2)18-13(17-11)7-14-16-9(3)8-21-14/h8H,4-7H2,1-3H3,(H,19,20). The summed E-state index contributed by atoms with van der Waals surface area (Å²) in [4.78, 5) is 24.6. The first-order valence-corrected chi connectivity index (χ1v) is 7.91. The van der Waals surface area contributed by atoms with Crippen LogP contribution in [-0.2, 0) is 30.5 Å². The highest BCUT2D eigenvalue weighted by atomic mass is 32.1. The van der Waals surface area contributed by atoms with E-state index in [4.69, 9.17) is 5.11 Å². The Morgan fingerprint density at radius 2 is 1.81 bits per heavy atom. The Balaban J connectivity index is 2.37. The largest absolute Gasteiger partial charge is 0.481 e. The highest BCUT2D eigenvalue weighted by Crippen LogP contribution is 2.18. The van der Waals surface area contributed by atoms with Crippen LogP contribution < -0.4 is 0 Å². The number of aryl methyl sites for hydroxylation is 3. The van der Waals surface area contributed by atoms with E-state index >= 15 is 0 Å². The van der Waals surface area contributed by atoms with Gasteiger partial charge in [-0.3, -0.25) is 4.79 Å². The number of thiazole rings is 1. The van der Waals surface area contributed by atoms with Gasteiger partial charge < -0.3 is 5.11 Å². The van der Waals surface area contributed by atoms with Crippen LogP contribution in [0, 0.1) is 6.92 Å². The van der Waals surface area contributed by atoms with Gasteiger partial charge in [-0.1, -0.05) is 13.8 Å². The minimum Gasteiger partial charge on any atom is -0.481 e. The van der Waals surface area contributed by atoms with Crippen LogP contribution in [0.3, 0.4) is 0 Å². The summed E-state index contributed by atoms with van der Waals surface area (Å²) in [5.41, 5.74) is 3.45. The summed E-state index contributed by atoms with van der Waals surface area (Å²) >= 11 is 1.60. The lowest BCUT2D eigenvalue weighted by molar-refractivity contribution is -0.136. The summed E-state index contributed by atoms with van der Waals surface area (Å²) in [5.74, 6) is -0.113. The molecular weight excluding hydrogens is 286 g/mol. The van der Waals surface area contributed by atoms with Crippen LogP contribution in [0.4, 0.5) is 0 Å². The van der Waals surface area contributed by atoms with E-state index < -0.39 is 5.97 Å².